The number of phenols is 1. The van der Waals surface area contributed by atoms with Gasteiger partial charge in [0.2, 0.25) is 0 Å². The van der Waals surface area contributed by atoms with Crippen LogP contribution in [0.2, 0.25) is 0 Å². The van der Waals surface area contributed by atoms with Gasteiger partial charge in [-0.3, -0.25) is 4.79 Å². The van der Waals surface area contributed by atoms with E-state index in [1.54, 1.807) is 12.1 Å². The van der Waals surface area contributed by atoms with Crippen molar-refractivity contribution in [3.8, 4) is 5.75 Å². The number of ketones is 1. The monoisotopic (exact) mass is 178 g/mol. The molecule has 3 heteroatoms. The molecule has 0 saturated heterocycles. The first-order valence-electron chi connectivity index (χ1n) is 3.43. The van der Waals surface area contributed by atoms with Gasteiger partial charge in [0.15, 0.2) is 5.78 Å². The number of hydrogen-bond donors (Lipinski definition) is 1. The van der Waals surface area contributed by atoms with Crippen molar-refractivity contribution in [2.45, 2.75) is 4.90 Å². The molecule has 0 bridgehead atoms. The third-order valence-electron chi connectivity index (χ3n) is 1.70. The first-order valence-corrected chi connectivity index (χ1v) is 4.24. The van der Waals surface area contributed by atoms with Crippen molar-refractivity contribution in [2.24, 2.45) is 0 Å². The van der Waals surface area contributed by atoms with Gasteiger partial charge in [-0.25, -0.2) is 0 Å². The summed E-state index contributed by atoms with van der Waals surface area (Å²) < 4.78 is 0. The van der Waals surface area contributed by atoms with Crippen LogP contribution in [0.1, 0.15) is 10.4 Å². The minimum absolute atomic E-state index is 0.0324. The fourth-order valence-corrected chi connectivity index (χ4v) is 2.03. The normalized spacial score (nSPS) is 15.0. The highest BCUT2D eigenvalue weighted by atomic mass is 32.2. The predicted molar refractivity (Wildman–Crippen MR) is 47.4 cm³/mol. The third-order valence-corrected chi connectivity index (χ3v) is 2.69. The van der Waals surface area contributed by atoms with E-state index in [0.717, 1.165) is 4.90 Å². The smallest absolute Gasteiger partial charge is 0.200 e. The average molecular weight is 178 g/mol. The quantitative estimate of drug-likeness (QED) is 0.619. The van der Waals surface area contributed by atoms with Gasteiger partial charge in [0.25, 0.3) is 0 Å². The molecular formula is C9H6O2S. The number of Topliss-reactive ketones (excluding diaryl/α,β-unsaturated/α-hetero) is 1. The van der Waals surface area contributed by atoms with E-state index >= 15 is 0 Å². The van der Waals surface area contributed by atoms with Gasteiger partial charge in [0.1, 0.15) is 5.75 Å². The largest absolute Gasteiger partial charge is 0.508 e. The second-order valence-corrected chi connectivity index (χ2v) is 3.67. The van der Waals surface area contributed by atoms with Crippen molar-refractivity contribution in [1.29, 1.82) is 0 Å². The second-order valence-electron chi connectivity index (χ2n) is 2.53. The summed E-state index contributed by atoms with van der Waals surface area (Å²) in [4.78, 5) is 12.6. The lowest BCUT2D eigenvalue weighted by Crippen LogP contribution is -1.91. The number of allylic oxidation sites excluding steroid dienone is 1. The SMILES string of the molecule is C=C1Sc2cc(O)ccc2C1=O. The molecule has 12 heavy (non-hydrogen) atoms. The third kappa shape index (κ3) is 0.940. The van der Waals surface area contributed by atoms with E-state index in [-0.39, 0.29) is 11.5 Å². The molecule has 1 N–H and O–H groups in total. The molecule has 0 fully saturated rings. The lowest BCUT2D eigenvalue weighted by atomic mass is 10.1. The summed E-state index contributed by atoms with van der Waals surface area (Å²) >= 11 is 1.31. The molecule has 2 rings (SSSR count). The fourth-order valence-electron chi connectivity index (χ4n) is 1.11. The van der Waals surface area contributed by atoms with Crippen LogP contribution in [0.25, 0.3) is 0 Å². The zero-order valence-electron chi connectivity index (χ0n) is 6.20. The van der Waals surface area contributed by atoms with E-state index in [2.05, 4.69) is 6.58 Å². The zero-order valence-corrected chi connectivity index (χ0v) is 7.02. The molecule has 1 aliphatic rings. The van der Waals surface area contributed by atoms with E-state index in [4.69, 9.17) is 5.11 Å². The van der Waals surface area contributed by atoms with Crippen LogP contribution in [-0.2, 0) is 0 Å². The molecule has 0 aromatic heterocycles. The van der Waals surface area contributed by atoms with Crippen molar-refractivity contribution >= 4 is 17.5 Å². The number of fused-ring (bicyclic) bond motifs is 1. The molecule has 1 aromatic rings. The minimum atomic E-state index is -0.0324. The van der Waals surface area contributed by atoms with Gasteiger partial charge in [-0.05, 0) is 18.2 Å². The van der Waals surface area contributed by atoms with Crippen molar-refractivity contribution < 1.29 is 9.90 Å². The number of benzene rings is 1. The molecule has 1 aromatic carbocycles. The number of rotatable bonds is 0. The molecule has 0 radical (unpaired) electrons. The summed E-state index contributed by atoms with van der Waals surface area (Å²) in [6, 6.07) is 4.71. The Hall–Kier alpha value is -1.22. The van der Waals surface area contributed by atoms with Gasteiger partial charge in [0.05, 0.1) is 4.91 Å². The molecule has 0 aliphatic carbocycles. The van der Waals surface area contributed by atoms with Crippen LogP contribution < -0.4 is 0 Å². The van der Waals surface area contributed by atoms with Gasteiger partial charge in [-0.2, -0.15) is 0 Å². The Labute approximate surface area is 73.9 Å². The molecule has 0 unspecified atom stereocenters. The highest BCUT2D eigenvalue weighted by molar-refractivity contribution is 8.04. The Morgan fingerprint density at radius 3 is 2.92 bits per heavy atom. The van der Waals surface area contributed by atoms with Crippen molar-refractivity contribution in [2.75, 3.05) is 0 Å². The average Bonchev–Trinajstić information content (AvgIpc) is 2.28. The van der Waals surface area contributed by atoms with Gasteiger partial charge in [-0.15, -0.1) is 0 Å². The number of phenolic OH excluding ortho intramolecular Hbond substituents is 1. The van der Waals surface area contributed by atoms with Crippen LogP contribution in [0.5, 0.6) is 5.75 Å². The highest BCUT2D eigenvalue weighted by Gasteiger charge is 2.23. The molecule has 0 spiro atoms. The molecule has 60 valence electrons. The van der Waals surface area contributed by atoms with Crippen LogP contribution in [-0.4, -0.2) is 10.9 Å². The molecule has 0 saturated carbocycles. The number of carbonyl (C=O) groups excluding carboxylic acids is 1. The maximum absolute atomic E-state index is 11.3. The topological polar surface area (TPSA) is 37.3 Å². The maximum atomic E-state index is 11.3. The molecular weight excluding hydrogens is 172 g/mol. The van der Waals surface area contributed by atoms with Crippen LogP contribution in [0.4, 0.5) is 0 Å². The Balaban J connectivity index is 2.62. The summed E-state index contributed by atoms with van der Waals surface area (Å²) in [7, 11) is 0. The lowest BCUT2D eigenvalue weighted by molar-refractivity contribution is 0.104. The predicted octanol–water partition coefficient (Wildman–Crippen LogP) is 2.19. The summed E-state index contributed by atoms with van der Waals surface area (Å²) in [6.45, 7) is 3.61. The summed E-state index contributed by atoms with van der Waals surface area (Å²) in [5.74, 6) is 0.152. The molecule has 0 amide bonds. The van der Waals surface area contributed by atoms with Gasteiger partial charge >= 0.3 is 0 Å². The van der Waals surface area contributed by atoms with Crippen molar-refractivity contribution in [3.63, 3.8) is 0 Å². The van der Waals surface area contributed by atoms with E-state index in [9.17, 15) is 4.79 Å². The van der Waals surface area contributed by atoms with Crippen molar-refractivity contribution in [1.82, 2.24) is 0 Å². The fraction of sp³-hybridized carbons (Fsp3) is 0. The number of aromatic hydroxyl groups is 1. The maximum Gasteiger partial charge on any atom is 0.200 e. The minimum Gasteiger partial charge on any atom is -0.508 e. The molecule has 2 nitrogen and oxygen atoms in total. The van der Waals surface area contributed by atoms with Gasteiger partial charge in [0, 0.05) is 10.5 Å². The number of hydrogen-bond acceptors (Lipinski definition) is 3. The Bertz CT molecular complexity index is 382. The number of thioether (sulfide) groups is 1. The second kappa shape index (κ2) is 2.38. The Morgan fingerprint density at radius 2 is 2.17 bits per heavy atom. The van der Waals surface area contributed by atoms with Gasteiger partial charge in [-0.1, -0.05) is 18.3 Å². The van der Waals surface area contributed by atoms with Crippen LogP contribution in [0, 0.1) is 0 Å². The van der Waals surface area contributed by atoms with Crippen LogP contribution >= 0.6 is 11.8 Å². The standard InChI is InChI=1S/C9H6O2S/c1-5-9(11)7-3-2-6(10)4-8(7)12-5/h2-4,10H,1H2. The summed E-state index contributed by atoms with van der Waals surface area (Å²) in [5, 5.41) is 9.11. The summed E-state index contributed by atoms with van der Waals surface area (Å²) in [6.07, 6.45) is 0. The van der Waals surface area contributed by atoms with E-state index in [1.165, 1.54) is 17.8 Å². The molecule has 1 aliphatic heterocycles. The van der Waals surface area contributed by atoms with E-state index in [0.29, 0.717) is 10.5 Å². The molecule has 1 heterocycles. The zero-order chi connectivity index (χ0) is 8.72. The lowest BCUT2D eigenvalue weighted by Gasteiger charge is -1.94. The highest BCUT2D eigenvalue weighted by Crippen LogP contribution is 2.40. The Morgan fingerprint density at radius 1 is 1.42 bits per heavy atom. The first-order chi connectivity index (χ1) is 5.68. The Kier molecular flexibility index (Phi) is 1.48. The van der Waals surface area contributed by atoms with Gasteiger partial charge < -0.3 is 5.11 Å². The first kappa shape index (κ1) is 7.43. The van der Waals surface area contributed by atoms with Crippen LogP contribution in [0.3, 0.4) is 0 Å². The number of carbonyl (C=O) groups is 1. The van der Waals surface area contributed by atoms with E-state index in [1.807, 2.05) is 0 Å². The summed E-state index contributed by atoms with van der Waals surface area (Å²) in [5.41, 5.74) is 0.641. The van der Waals surface area contributed by atoms with Crippen molar-refractivity contribution in [3.05, 3.63) is 35.2 Å². The molecule has 0 atom stereocenters. The van der Waals surface area contributed by atoms with E-state index < -0.39 is 0 Å². The van der Waals surface area contributed by atoms with Crippen LogP contribution in [0.15, 0.2) is 34.6 Å².